The lowest BCUT2D eigenvalue weighted by atomic mass is 10.0. The smallest absolute Gasteiger partial charge is 0.0925 e. The van der Waals surface area contributed by atoms with E-state index in [0.29, 0.717) is 6.04 Å². The summed E-state index contributed by atoms with van der Waals surface area (Å²) in [6, 6.07) is 9.42. The largest absolute Gasteiger partial charge is 0.347 e. The molecule has 0 fully saturated rings. The normalized spacial score (nSPS) is 22.4. The maximum atomic E-state index is 4.44. The molecule has 1 aromatic carbocycles. The summed E-state index contributed by atoms with van der Waals surface area (Å²) in [4.78, 5) is 10.3. The molecule has 1 unspecified atom stereocenters. The van der Waals surface area contributed by atoms with Gasteiger partial charge >= 0.3 is 0 Å². The van der Waals surface area contributed by atoms with Gasteiger partial charge < -0.3 is 10.3 Å². The maximum absolute atomic E-state index is 4.44. The molecule has 0 saturated carbocycles. The van der Waals surface area contributed by atoms with E-state index in [-0.39, 0.29) is 0 Å². The lowest BCUT2D eigenvalue weighted by Crippen LogP contribution is -2.44. The highest BCUT2D eigenvalue weighted by Crippen LogP contribution is 2.20. The fourth-order valence-corrected chi connectivity index (χ4v) is 3.60. The quantitative estimate of drug-likeness (QED) is 0.884. The van der Waals surface area contributed by atoms with E-state index in [1.807, 2.05) is 6.33 Å². The number of imidazole rings is 1. The number of fused-ring (bicyclic) bond motifs is 2. The van der Waals surface area contributed by atoms with E-state index < -0.39 is 0 Å². The lowest BCUT2D eigenvalue weighted by molar-refractivity contribution is 0.230. The molecule has 21 heavy (non-hydrogen) atoms. The summed E-state index contributed by atoms with van der Waals surface area (Å²) in [6.45, 7) is 4.31. The first-order chi connectivity index (χ1) is 10.4. The molecule has 0 radical (unpaired) electrons. The van der Waals surface area contributed by atoms with Gasteiger partial charge in [0.05, 0.1) is 17.7 Å². The second-order valence-electron chi connectivity index (χ2n) is 6.22. The van der Waals surface area contributed by atoms with E-state index >= 15 is 0 Å². The van der Waals surface area contributed by atoms with Crippen molar-refractivity contribution in [3.05, 3.63) is 53.1 Å². The second-order valence-corrected chi connectivity index (χ2v) is 6.22. The zero-order valence-corrected chi connectivity index (χ0v) is 12.3. The van der Waals surface area contributed by atoms with Crippen LogP contribution >= 0.6 is 0 Å². The van der Waals surface area contributed by atoms with Gasteiger partial charge in [0, 0.05) is 32.1 Å². The Morgan fingerprint density at radius 2 is 2.14 bits per heavy atom. The van der Waals surface area contributed by atoms with Gasteiger partial charge in [-0.25, -0.2) is 4.98 Å². The summed E-state index contributed by atoms with van der Waals surface area (Å²) < 4.78 is 0. The van der Waals surface area contributed by atoms with Gasteiger partial charge in [-0.15, -0.1) is 0 Å². The average Bonchev–Trinajstić information content (AvgIpc) is 2.87. The van der Waals surface area contributed by atoms with Crippen LogP contribution in [0.4, 0.5) is 0 Å². The molecule has 4 heteroatoms. The number of nitrogens with zero attached hydrogens (tertiary/aromatic N) is 2. The molecule has 1 atom stereocenters. The predicted molar refractivity (Wildman–Crippen MR) is 83.0 cm³/mol. The van der Waals surface area contributed by atoms with Crippen molar-refractivity contribution in [1.82, 2.24) is 20.2 Å². The van der Waals surface area contributed by atoms with Gasteiger partial charge in [-0.05, 0) is 30.5 Å². The Morgan fingerprint density at radius 3 is 3.10 bits per heavy atom. The molecule has 110 valence electrons. The Kier molecular flexibility index (Phi) is 3.49. The Hall–Kier alpha value is -1.65. The molecule has 2 N–H and O–H groups in total. The number of hydrogen-bond donors (Lipinski definition) is 2. The molecular weight excluding hydrogens is 260 g/mol. The van der Waals surface area contributed by atoms with Crippen molar-refractivity contribution in [2.45, 2.75) is 38.4 Å². The molecule has 0 amide bonds. The van der Waals surface area contributed by atoms with Crippen LogP contribution in [0.3, 0.4) is 0 Å². The maximum Gasteiger partial charge on any atom is 0.0925 e. The molecule has 0 bridgehead atoms. The highest BCUT2D eigenvalue weighted by molar-refractivity contribution is 5.28. The Labute approximate surface area is 125 Å². The molecule has 0 saturated heterocycles. The van der Waals surface area contributed by atoms with Crippen LogP contribution in [0, 0.1) is 0 Å². The number of aromatic amines is 1. The topological polar surface area (TPSA) is 44.0 Å². The summed E-state index contributed by atoms with van der Waals surface area (Å²) in [5.41, 5.74) is 5.54. The molecule has 4 nitrogen and oxygen atoms in total. The van der Waals surface area contributed by atoms with E-state index in [9.17, 15) is 0 Å². The van der Waals surface area contributed by atoms with Gasteiger partial charge in [0.1, 0.15) is 0 Å². The van der Waals surface area contributed by atoms with Gasteiger partial charge in [0.25, 0.3) is 0 Å². The van der Waals surface area contributed by atoms with Crippen molar-refractivity contribution in [3.63, 3.8) is 0 Å². The zero-order chi connectivity index (χ0) is 14.1. The third kappa shape index (κ3) is 2.74. The van der Waals surface area contributed by atoms with E-state index in [4.69, 9.17) is 0 Å². The minimum atomic E-state index is 0.520. The number of rotatable bonds is 2. The van der Waals surface area contributed by atoms with E-state index in [1.54, 1.807) is 0 Å². The van der Waals surface area contributed by atoms with Crippen LogP contribution in [0.25, 0.3) is 0 Å². The molecule has 1 aromatic heterocycles. The molecule has 2 aromatic rings. The predicted octanol–water partition coefficient (Wildman–Crippen LogP) is 1.87. The minimum absolute atomic E-state index is 0.520. The van der Waals surface area contributed by atoms with Crippen molar-refractivity contribution < 1.29 is 0 Å². The Bertz CT molecular complexity index is 619. The summed E-state index contributed by atoms with van der Waals surface area (Å²) in [5, 5.41) is 3.64. The van der Waals surface area contributed by atoms with Gasteiger partial charge in [-0.1, -0.05) is 24.3 Å². The van der Waals surface area contributed by atoms with Crippen molar-refractivity contribution in [2.75, 3.05) is 13.1 Å². The number of aryl methyl sites for hydroxylation is 1. The van der Waals surface area contributed by atoms with Crippen LogP contribution < -0.4 is 5.32 Å². The highest BCUT2D eigenvalue weighted by Gasteiger charge is 2.23. The first kappa shape index (κ1) is 13.0. The zero-order valence-electron chi connectivity index (χ0n) is 12.3. The van der Waals surface area contributed by atoms with E-state index in [1.165, 1.54) is 41.9 Å². The van der Waals surface area contributed by atoms with Gasteiger partial charge in [0.2, 0.25) is 0 Å². The summed E-state index contributed by atoms with van der Waals surface area (Å²) in [5.74, 6) is 0. The number of hydrogen-bond acceptors (Lipinski definition) is 3. The monoisotopic (exact) mass is 282 g/mol. The van der Waals surface area contributed by atoms with Gasteiger partial charge in [-0.3, -0.25) is 4.90 Å². The van der Waals surface area contributed by atoms with Crippen molar-refractivity contribution in [3.8, 4) is 0 Å². The van der Waals surface area contributed by atoms with Crippen molar-refractivity contribution in [2.24, 2.45) is 0 Å². The molecule has 2 aliphatic heterocycles. The van der Waals surface area contributed by atoms with Crippen LogP contribution in [-0.2, 0) is 25.9 Å². The summed E-state index contributed by atoms with van der Waals surface area (Å²) >= 11 is 0. The number of H-pyrrole nitrogens is 1. The molecule has 0 spiro atoms. The minimum Gasteiger partial charge on any atom is -0.347 e. The van der Waals surface area contributed by atoms with Crippen LogP contribution in [0.1, 0.15) is 28.9 Å². The van der Waals surface area contributed by atoms with Crippen molar-refractivity contribution in [1.29, 1.82) is 0 Å². The SMILES string of the molecule is c1ccc2c(c1)CCCN(CC1Cc3nc[nH]c3CN1)C2. The molecule has 4 rings (SSSR count). The molecular formula is C17H22N4. The van der Waals surface area contributed by atoms with Crippen molar-refractivity contribution >= 4 is 0 Å². The fourth-order valence-electron chi connectivity index (χ4n) is 3.60. The molecule has 3 heterocycles. The number of nitrogens with one attached hydrogen (secondary N) is 2. The Balaban J connectivity index is 1.44. The first-order valence-corrected chi connectivity index (χ1v) is 7.92. The van der Waals surface area contributed by atoms with Crippen LogP contribution in [-0.4, -0.2) is 34.0 Å². The fraction of sp³-hybridized carbons (Fsp3) is 0.471. The number of aromatic nitrogens is 2. The van der Waals surface area contributed by atoms with Crippen LogP contribution in [0.5, 0.6) is 0 Å². The average molecular weight is 282 g/mol. The van der Waals surface area contributed by atoms with Crippen LogP contribution in [0.15, 0.2) is 30.6 Å². The third-order valence-electron chi connectivity index (χ3n) is 4.73. The third-order valence-corrected chi connectivity index (χ3v) is 4.73. The van der Waals surface area contributed by atoms with Crippen LogP contribution in [0.2, 0.25) is 0 Å². The van der Waals surface area contributed by atoms with E-state index in [0.717, 1.165) is 26.1 Å². The van der Waals surface area contributed by atoms with Gasteiger partial charge in [-0.2, -0.15) is 0 Å². The summed E-state index contributed by atoms with van der Waals surface area (Å²) in [7, 11) is 0. The number of benzene rings is 1. The lowest BCUT2D eigenvalue weighted by Gasteiger charge is -2.29. The van der Waals surface area contributed by atoms with Gasteiger partial charge in [0.15, 0.2) is 0 Å². The van der Waals surface area contributed by atoms with E-state index in [2.05, 4.69) is 44.5 Å². The second kappa shape index (κ2) is 5.62. The molecule has 2 aliphatic rings. The summed E-state index contributed by atoms with van der Waals surface area (Å²) in [6.07, 6.45) is 5.33. The highest BCUT2D eigenvalue weighted by atomic mass is 15.2. The standard InChI is InChI=1S/C17H22N4/c1-2-5-14-10-21(7-3-6-13(14)4-1)11-15-8-16-17(9-18-15)20-12-19-16/h1-2,4-5,12,15,18H,3,6-11H2,(H,19,20). The molecule has 0 aliphatic carbocycles. The first-order valence-electron chi connectivity index (χ1n) is 7.92. The Morgan fingerprint density at radius 1 is 1.24 bits per heavy atom.